The molecule has 2 N–H and O–H groups in total. The van der Waals surface area contributed by atoms with E-state index in [-0.39, 0.29) is 5.56 Å². The SMILES string of the molecule is Nc1cc(S)cc(C[B-](F)(F)F)c1. The van der Waals surface area contributed by atoms with E-state index in [1.807, 2.05) is 0 Å². The van der Waals surface area contributed by atoms with Crippen LogP contribution in [0.1, 0.15) is 5.56 Å². The first-order valence-electron chi connectivity index (χ1n) is 3.66. The standard InChI is InChI=1S/C7H8BF3NS/c9-8(10,11)4-5-1-6(12)3-7(13)2-5/h1-3,13H,4,12H2/q-1. The molecule has 0 saturated heterocycles. The summed E-state index contributed by atoms with van der Waals surface area (Å²) in [6, 6.07) is 4.19. The molecule has 0 amide bonds. The lowest BCUT2D eigenvalue weighted by Crippen LogP contribution is -2.19. The predicted octanol–water partition coefficient (Wildman–Crippen LogP) is 2.49. The number of hydrogen-bond acceptors (Lipinski definition) is 2. The summed E-state index contributed by atoms with van der Waals surface area (Å²) in [5.41, 5.74) is 5.84. The van der Waals surface area contributed by atoms with Gasteiger partial charge in [0.25, 0.3) is 0 Å². The van der Waals surface area contributed by atoms with E-state index in [4.69, 9.17) is 5.73 Å². The molecule has 1 nitrogen and oxygen atoms in total. The average Bonchev–Trinajstić information content (AvgIpc) is 1.78. The average molecular weight is 206 g/mol. The summed E-state index contributed by atoms with van der Waals surface area (Å²) in [5.74, 6) is 0. The summed E-state index contributed by atoms with van der Waals surface area (Å²) < 4.78 is 36.0. The summed E-state index contributed by atoms with van der Waals surface area (Å²) >= 11 is 3.93. The molecule has 0 heterocycles. The van der Waals surface area contributed by atoms with Crippen LogP contribution < -0.4 is 5.73 Å². The monoisotopic (exact) mass is 206 g/mol. The van der Waals surface area contributed by atoms with Crippen LogP contribution in [0.3, 0.4) is 0 Å². The molecule has 0 unspecified atom stereocenters. The fourth-order valence-corrected chi connectivity index (χ4v) is 1.40. The zero-order chi connectivity index (χ0) is 10.1. The molecule has 0 aliphatic heterocycles. The Balaban J connectivity index is 2.90. The maximum absolute atomic E-state index is 12.0. The number of thiol groups is 1. The molecule has 0 saturated carbocycles. The van der Waals surface area contributed by atoms with Crippen molar-refractivity contribution in [2.45, 2.75) is 11.2 Å². The Labute approximate surface area is 79.6 Å². The minimum atomic E-state index is -4.80. The van der Waals surface area contributed by atoms with Gasteiger partial charge < -0.3 is 18.7 Å². The van der Waals surface area contributed by atoms with E-state index in [1.54, 1.807) is 0 Å². The Hall–Kier alpha value is -0.775. The Kier molecular flexibility index (Phi) is 2.80. The third-order valence-corrected chi connectivity index (χ3v) is 1.73. The molecule has 1 rings (SSSR count). The minimum Gasteiger partial charge on any atom is -0.449 e. The molecule has 0 atom stereocenters. The molecule has 0 aliphatic carbocycles. The summed E-state index contributed by atoms with van der Waals surface area (Å²) in [7, 11) is 0. The van der Waals surface area contributed by atoms with Crippen molar-refractivity contribution in [3.05, 3.63) is 23.8 Å². The maximum atomic E-state index is 12.0. The lowest BCUT2D eigenvalue weighted by atomic mass is 9.82. The third kappa shape index (κ3) is 3.63. The van der Waals surface area contributed by atoms with Gasteiger partial charge >= 0.3 is 6.98 Å². The number of hydrogen-bond donors (Lipinski definition) is 2. The van der Waals surface area contributed by atoms with Crippen molar-refractivity contribution in [1.82, 2.24) is 0 Å². The van der Waals surface area contributed by atoms with Crippen molar-refractivity contribution < 1.29 is 12.9 Å². The zero-order valence-corrected chi connectivity index (χ0v) is 7.57. The van der Waals surface area contributed by atoms with E-state index < -0.39 is 13.3 Å². The Morgan fingerprint density at radius 3 is 2.31 bits per heavy atom. The molecule has 0 radical (unpaired) electrons. The van der Waals surface area contributed by atoms with Crippen molar-refractivity contribution in [2.75, 3.05) is 5.73 Å². The van der Waals surface area contributed by atoms with E-state index >= 15 is 0 Å². The van der Waals surface area contributed by atoms with Gasteiger partial charge in [0, 0.05) is 10.6 Å². The lowest BCUT2D eigenvalue weighted by Gasteiger charge is -2.13. The van der Waals surface area contributed by atoms with Gasteiger partial charge in [-0.15, -0.1) is 12.6 Å². The van der Waals surface area contributed by atoms with Crippen LogP contribution in [0.5, 0.6) is 0 Å². The molecular weight excluding hydrogens is 198 g/mol. The highest BCUT2D eigenvalue weighted by atomic mass is 32.1. The van der Waals surface area contributed by atoms with Gasteiger partial charge in [-0.2, -0.15) is 0 Å². The van der Waals surface area contributed by atoms with Gasteiger partial charge in [0.2, 0.25) is 0 Å². The molecule has 6 heteroatoms. The number of nitrogen functional groups attached to an aromatic ring is 1. The Morgan fingerprint density at radius 1 is 1.23 bits per heavy atom. The van der Waals surface area contributed by atoms with Crippen LogP contribution in [0.15, 0.2) is 23.1 Å². The first-order valence-corrected chi connectivity index (χ1v) is 4.11. The summed E-state index contributed by atoms with van der Waals surface area (Å²) in [6.45, 7) is -4.80. The van der Waals surface area contributed by atoms with Crippen molar-refractivity contribution in [3.63, 3.8) is 0 Å². The van der Waals surface area contributed by atoms with Crippen LogP contribution in [0.25, 0.3) is 0 Å². The van der Waals surface area contributed by atoms with Crippen molar-refractivity contribution in [2.24, 2.45) is 0 Å². The topological polar surface area (TPSA) is 26.0 Å². The van der Waals surface area contributed by atoms with E-state index in [1.165, 1.54) is 18.2 Å². The molecule has 1 aromatic rings. The summed E-state index contributed by atoms with van der Waals surface area (Å²) in [6.07, 6.45) is -0.904. The number of benzene rings is 1. The van der Waals surface area contributed by atoms with Crippen LogP contribution in [-0.2, 0) is 6.32 Å². The van der Waals surface area contributed by atoms with Crippen LogP contribution in [-0.4, -0.2) is 6.98 Å². The van der Waals surface area contributed by atoms with Gasteiger partial charge in [-0.05, 0) is 18.2 Å². The van der Waals surface area contributed by atoms with Crippen LogP contribution in [0.2, 0.25) is 0 Å². The molecule has 0 fully saturated rings. The molecule has 13 heavy (non-hydrogen) atoms. The first-order chi connectivity index (χ1) is 5.87. The smallest absolute Gasteiger partial charge is 0.449 e. The van der Waals surface area contributed by atoms with E-state index in [9.17, 15) is 12.9 Å². The highest BCUT2D eigenvalue weighted by Gasteiger charge is 2.23. The highest BCUT2D eigenvalue weighted by molar-refractivity contribution is 7.80. The van der Waals surface area contributed by atoms with Crippen LogP contribution in [0.4, 0.5) is 18.6 Å². The number of halogens is 3. The Morgan fingerprint density at radius 2 is 1.85 bits per heavy atom. The minimum absolute atomic E-state index is 0.164. The van der Waals surface area contributed by atoms with Crippen molar-refractivity contribution in [1.29, 1.82) is 0 Å². The van der Waals surface area contributed by atoms with Crippen molar-refractivity contribution >= 4 is 25.3 Å². The first kappa shape index (κ1) is 10.3. The number of nitrogens with two attached hydrogens (primary N) is 1. The van der Waals surface area contributed by atoms with Gasteiger partial charge in [-0.1, -0.05) is 11.9 Å². The second-order valence-corrected chi connectivity index (χ2v) is 3.36. The van der Waals surface area contributed by atoms with Crippen molar-refractivity contribution in [3.8, 4) is 0 Å². The number of rotatable bonds is 2. The largest absolute Gasteiger partial charge is 0.482 e. The molecular formula is C7H8BF3NS-. The maximum Gasteiger partial charge on any atom is 0.482 e. The summed E-state index contributed by atoms with van der Waals surface area (Å²) in [5, 5.41) is 0. The second kappa shape index (κ2) is 3.53. The fourth-order valence-electron chi connectivity index (χ4n) is 1.08. The molecule has 1 aromatic carbocycles. The summed E-state index contributed by atoms with van der Waals surface area (Å²) in [4.78, 5) is 0.454. The second-order valence-electron chi connectivity index (χ2n) is 2.85. The molecule has 0 bridgehead atoms. The van der Waals surface area contributed by atoms with Gasteiger partial charge in [0.05, 0.1) is 0 Å². The quantitative estimate of drug-likeness (QED) is 0.434. The van der Waals surface area contributed by atoms with Gasteiger partial charge in [0.15, 0.2) is 0 Å². The predicted molar refractivity (Wildman–Crippen MR) is 50.9 cm³/mol. The number of anilines is 1. The highest BCUT2D eigenvalue weighted by Crippen LogP contribution is 2.21. The van der Waals surface area contributed by atoms with Crippen LogP contribution >= 0.6 is 12.6 Å². The van der Waals surface area contributed by atoms with Gasteiger partial charge in [-0.3, -0.25) is 0 Å². The molecule has 0 aliphatic rings. The Bertz CT molecular complexity index is 293. The molecule has 0 spiro atoms. The van der Waals surface area contributed by atoms with E-state index in [0.717, 1.165) is 0 Å². The molecule has 72 valence electrons. The van der Waals surface area contributed by atoms with Crippen LogP contribution in [0, 0.1) is 0 Å². The van der Waals surface area contributed by atoms with E-state index in [2.05, 4.69) is 12.6 Å². The fraction of sp³-hybridized carbons (Fsp3) is 0.143. The normalized spacial score (nSPS) is 11.7. The van der Waals surface area contributed by atoms with Gasteiger partial charge in [-0.25, -0.2) is 0 Å². The molecule has 0 aromatic heterocycles. The zero-order valence-electron chi connectivity index (χ0n) is 6.67. The third-order valence-electron chi connectivity index (χ3n) is 1.47. The van der Waals surface area contributed by atoms with Gasteiger partial charge in [0.1, 0.15) is 0 Å². The van der Waals surface area contributed by atoms with E-state index in [0.29, 0.717) is 10.6 Å². The lowest BCUT2D eigenvalue weighted by molar-refractivity contribution is 0.468.